The molecule has 4 aromatic rings. The van der Waals surface area contributed by atoms with E-state index < -0.39 is 0 Å². The van der Waals surface area contributed by atoms with Gasteiger partial charge >= 0.3 is 0 Å². The van der Waals surface area contributed by atoms with Gasteiger partial charge in [-0.1, -0.05) is 72.8 Å². The van der Waals surface area contributed by atoms with Crippen molar-refractivity contribution < 1.29 is 0 Å². The Hall–Kier alpha value is -2.71. The van der Waals surface area contributed by atoms with Crippen LogP contribution >= 0.6 is 11.3 Å². The SMILES string of the molecule is O=c1c(-c2ccccc2)c(Cc2ccccc2)sc2ccccc12. The highest BCUT2D eigenvalue weighted by molar-refractivity contribution is 7.18. The van der Waals surface area contributed by atoms with Gasteiger partial charge in [0.2, 0.25) is 0 Å². The van der Waals surface area contributed by atoms with Gasteiger partial charge in [-0.05, 0) is 23.3 Å². The lowest BCUT2D eigenvalue weighted by Gasteiger charge is -2.11. The Morgan fingerprint density at radius 3 is 2.08 bits per heavy atom. The summed E-state index contributed by atoms with van der Waals surface area (Å²) in [5.41, 5.74) is 3.18. The molecule has 0 radical (unpaired) electrons. The van der Waals surface area contributed by atoms with Crippen molar-refractivity contribution in [1.82, 2.24) is 0 Å². The molecule has 1 heterocycles. The van der Waals surface area contributed by atoms with Crippen LogP contribution in [-0.2, 0) is 6.42 Å². The Kier molecular flexibility index (Phi) is 3.97. The van der Waals surface area contributed by atoms with E-state index in [-0.39, 0.29) is 5.43 Å². The first-order valence-corrected chi connectivity index (χ1v) is 8.78. The first kappa shape index (κ1) is 14.9. The van der Waals surface area contributed by atoms with Crippen molar-refractivity contribution in [3.05, 3.63) is 106 Å². The van der Waals surface area contributed by atoms with E-state index in [9.17, 15) is 4.79 Å². The summed E-state index contributed by atoms with van der Waals surface area (Å²) in [5.74, 6) is 0. The lowest BCUT2D eigenvalue weighted by molar-refractivity contribution is 1.23. The molecule has 2 heteroatoms. The second-order valence-electron chi connectivity index (χ2n) is 5.75. The highest BCUT2D eigenvalue weighted by Crippen LogP contribution is 2.30. The van der Waals surface area contributed by atoms with Crippen molar-refractivity contribution >= 4 is 21.4 Å². The van der Waals surface area contributed by atoms with Crippen LogP contribution in [0.25, 0.3) is 21.2 Å². The summed E-state index contributed by atoms with van der Waals surface area (Å²) in [6.07, 6.45) is 0.774. The lowest BCUT2D eigenvalue weighted by atomic mass is 10.0. The van der Waals surface area contributed by atoms with Crippen molar-refractivity contribution in [3.8, 4) is 11.1 Å². The molecular weight excluding hydrogens is 312 g/mol. The van der Waals surface area contributed by atoms with Gasteiger partial charge in [0.05, 0.1) is 0 Å². The number of hydrogen-bond acceptors (Lipinski definition) is 2. The van der Waals surface area contributed by atoms with Gasteiger partial charge in [-0.25, -0.2) is 0 Å². The van der Waals surface area contributed by atoms with Crippen molar-refractivity contribution in [2.45, 2.75) is 6.42 Å². The molecule has 1 aromatic heterocycles. The van der Waals surface area contributed by atoms with E-state index in [2.05, 4.69) is 12.1 Å². The smallest absolute Gasteiger partial charge is 0.196 e. The minimum absolute atomic E-state index is 0.126. The highest BCUT2D eigenvalue weighted by Gasteiger charge is 2.14. The molecule has 0 atom stereocenters. The lowest BCUT2D eigenvalue weighted by Crippen LogP contribution is -2.08. The zero-order chi connectivity index (χ0) is 16.4. The topological polar surface area (TPSA) is 17.1 Å². The zero-order valence-electron chi connectivity index (χ0n) is 13.1. The average Bonchev–Trinajstić information content (AvgIpc) is 2.64. The quantitative estimate of drug-likeness (QED) is 0.484. The molecule has 0 saturated carbocycles. The van der Waals surface area contributed by atoms with Gasteiger partial charge in [-0.3, -0.25) is 4.79 Å². The van der Waals surface area contributed by atoms with E-state index in [1.54, 1.807) is 11.3 Å². The Balaban J connectivity index is 1.98. The standard InChI is InChI=1S/C22H16OS/c23-22-18-13-7-8-14-19(18)24-20(15-16-9-3-1-4-10-16)21(22)17-11-5-2-6-12-17/h1-14H,15H2. The van der Waals surface area contributed by atoms with Crippen LogP contribution < -0.4 is 5.43 Å². The minimum Gasteiger partial charge on any atom is -0.288 e. The largest absolute Gasteiger partial charge is 0.288 e. The second kappa shape index (κ2) is 6.42. The average molecular weight is 328 g/mol. The van der Waals surface area contributed by atoms with Crippen LogP contribution in [0.15, 0.2) is 89.7 Å². The first-order valence-electron chi connectivity index (χ1n) is 7.97. The van der Waals surface area contributed by atoms with E-state index in [0.717, 1.165) is 32.5 Å². The van der Waals surface area contributed by atoms with Gasteiger partial charge in [-0.15, -0.1) is 11.3 Å². The Morgan fingerprint density at radius 2 is 1.33 bits per heavy atom. The molecule has 24 heavy (non-hydrogen) atoms. The monoisotopic (exact) mass is 328 g/mol. The van der Waals surface area contributed by atoms with Gasteiger partial charge in [0.15, 0.2) is 5.43 Å². The zero-order valence-corrected chi connectivity index (χ0v) is 13.9. The molecule has 0 aliphatic rings. The van der Waals surface area contributed by atoms with Gasteiger partial charge in [0.1, 0.15) is 0 Å². The molecule has 0 aliphatic carbocycles. The minimum atomic E-state index is 0.126. The van der Waals surface area contributed by atoms with Crippen LogP contribution in [0.5, 0.6) is 0 Å². The normalized spacial score (nSPS) is 10.8. The summed E-state index contributed by atoms with van der Waals surface area (Å²) >= 11 is 1.72. The Bertz CT molecular complexity index is 1030. The third kappa shape index (κ3) is 2.77. The summed E-state index contributed by atoms with van der Waals surface area (Å²) in [5, 5.41) is 0.804. The van der Waals surface area contributed by atoms with E-state index in [1.165, 1.54) is 5.56 Å². The van der Waals surface area contributed by atoms with Gasteiger partial charge in [0, 0.05) is 26.9 Å². The van der Waals surface area contributed by atoms with Crippen LogP contribution in [0, 0.1) is 0 Å². The van der Waals surface area contributed by atoms with Gasteiger partial charge in [-0.2, -0.15) is 0 Å². The molecule has 116 valence electrons. The number of fused-ring (bicyclic) bond motifs is 1. The molecule has 0 bridgehead atoms. The van der Waals surface area contributed by atoms with Crippen LogP contribution in [0.4, 0.5) is 0 Å². The molecule has 1 nitrogen and oxygen atoms in total. The van der Waals surface area contributed by atoms with Crippen molar-refractivity contribution in [3.63, 3.8) is 0 Å². The first-order chi connectivity index (χ1) is 11.8. The van der Waals surface area contributed by atoms with E-state index in [4.69, 9.17) is 0 Å². The molecule has 0 fully saturated rings. The van der Waals surface area contributed by atoms with E-state index in [1.807, 2.05) is 72.8 Å². The fourth-order valence-corrected chi connectivity index (χ4v) is 4.23. The van der Waals surface area contributed by atoms with Gasteiger partial charge in [0.25, 0.3) is 0 Å². The molecule has 4 rings (SSSR count). The van der Waals surface area contributed by atoms with Crippen molar-refractivity contribution in [2.24, 2.45) is 0 Å². The summed E-state index contributed by atoms with van der Waals surface area (Å²) < 4.78 is 1.05. The Labute approximate surface area is 144 Å². The van der Waals surface area contributed by atoms with Crippen LogP contribution in [0.3, 0.4) is 0 Å². The molecule has 0 spiro atoms. The third-order valence-electron chi connectivity index (χ3n) is 4.14. The van der Waals surface area contributed by atoms with Crippen LogP contribution in [0.1, 0.15) is 10.4 Å². The van der Waals surface area contributed by atoms with Crippen LogP contribution in [-0.4, -0.2) is 0 Å². The third-order valence-corrected chi connectivity index (χ3v) is 5.31. The molecular formula is C22H16OS. The summed E-state index contributed by atoms with van der Waals surface area (Å²) in [6.45, 7) is 0. The van der Waals surface area contributed by atoms with Crippen LogP contribution in [0.2, 0.25) is 0 Å². The maximum absolute atomic E-state index is 13.1. The van der Waals surface area contributed by atoms with E-state index in [0.29, 0.717) is 0 Å². The molecule has 0 unspecified atom stereocenters. The summed E-state index contributed by atoms with van der Waals surface area (Å²) in [4.78, 5) is 14.3. The molecule has 0 aliphatic heterocycles. The number of hydrogen-bond donors (Lipinski definition) is 0. The molecule has 0 amide bonds. The fourth-order valence-electron chi connectivity index (χ4n) is 2.99. The summed E-state index contributed by atoms with van der Waals surface area (Å²) in [6, 6.07) is 28.2. The maximum atomic E-state index is 13.1. The number of benzene rings is 3. The molecule has 0 N–H and O–H groups in total. The molecule has 0 saturated heterocycles. The number of rotatable bonds is 3. The summed E-state index contributed by atoms with van der Waals surface area (Å²) in [7, 11) is 0. The van der Waals surface area contributed by atoms with Gasteiger partial charge < -0.3 is 0 Å². The predicted octanol–water partition coefficient (Wildman–Crippen LogP) is 5.52. The second-order valence-corrected chi connectivity index (χ2v) is 6.89. The fraction of sp³-hybridized carbons (Fsp3) is 0.0455. The Morgan fingerprint density at radius 1 is 0.708 bits per heavy atom. The predicted molar refractivity (Wildman–Crippen MR) is 103 cm³/mol. The van der Waals surface area contributed by atoms with Crippen molar-refractivity contribution in [2.75, 3.05) is 0 Å². The van der Waals surface area contributed by atoms with E-state index >= 15 is 0 Å². The van der Waals surface area contributed by atoms with Crippen molar-refractivity contribution in [1.29, 1.82) is 0 Å². The molecule has 3 aromatic carbocycles. The highest BCUT2D eigenvalue weighted by atomic mass is 32.1. The maximum Gasteiger partial charge on any atom is 0.196 e.